The van der Waals surface area contributed by atoms with Crippen LogP contribution >= 0.6 is 0 Å². The van der Waals surface area contributed by atoms with Gasteiger partial charge in [0.05, 0.1) is 12.2 Å². The maximum atomic E-state index is 12.4. The molecule has 0 bridgehead atoms. The van der Waals surface area contributed by atoms with Crippen molar-refractivity contribution in [3.63, 3.8) is 0 Å². The third kappa shape index (κ3) is 2.35. The average molecular weight is 270 g/mol. The number of nitrogens with one attached hydrogen (secondary N) is 1. The van der Waals surface area contributed by atoms with Gasteiger partial charge in [-0.1, -0.05) is 0 Å². The Balaban J connectivity index is 2.38. The van der Waals surface area contributed by atoms with Gasteiger partial charge < -0.3 is 11.1 Å². The van der Waals surface area contributed by atoms with Crippen LogP contribution in [0.15, 0.2) is 23.2 Å². The Hall–Kier alpha value is -1.51. The van der Waals surface area contributed by atoms with Crippen molar-refractivity contribution in [3.05, 3.63) is 24.0 Å². The van der Waals surface area contributed by atoms with E-state index in [4.69, 9.17) is 5.73 Å². The van der Waals surface area contributed by atoms with Crippen molar-refractivity contribution >= 4 is 15.9 Å². The quantitative estimate of drug-likeness (QED) is 0.707. The van der Waals surface area contributed by atoms with Crippen LogP contribution in [0.3, 0.4) is 0 Å². The fourth-order valence-corrected chi connectivity index (χ4v) is 3.35. The molecule has 1 saturated heterocycles. The molecule has 8 heteroatoms. The van der Waals surface area contributed by atoms with Crippen LogP contribution in [0.4, 0.5) is 0 Å². The Bertz CT molecular complexity index is 558. The zero-order valence-corrected chi connectivity index (χ0v) is 10.5. The number of hydrogen-bond acceptors (Lipinski definition) is 5. The Morgan fingerprint density at radius 3 is 2.94 bits per heavy atom. The molecule has 18 heavy (non-hydrogen) atoms. The lowest BCUT2D eigenvalue weighted by molar-refractivity contribution is -0.122. The first-order valence-electron chi connectivity index (χ1n) is 5.46. The van der Waals surface area contributed by atoms with E-state index in [2.05, 4.69) is 10.3 Å². The van der Waals surface area contributed by atoms with Gasteiger partial charge >= 0.3 is 0 Å². The third-order valence-electron chi connectivity index (χ3n) is 2.66. The molecule has 0 radical (unpaired) electrons. The van der Waals surface area contributed by atoms with E-state index in [1.54, 1.807) is 0 Å². The molecular formula is C10H14N4O3S. The summed E-state index contributed by atoms with van der Waals surface area (Å²) >= 11 is 0. The predicted octanol–water partition coefficient (Wildman–Crippen LogP) is -1.34. The van der Waals surface area contributed by atoms with Crippen LogP contribution in [0.5, 0.6) is 0 Å². The molecule has 2 heterocycles. The second kappa shape index (κ2) is 5.01. The van der Waals surface area contributed by atoms with E-state index < -0.39 is 10.0 Å². The molecule has 0 aliphatic carbocycles. The Kier molecular flexibility index (Phi) is 3.60. The van der Waals surface area contributed by atoms with Gasteiger partial charge in [0, 0.05) is 25.8 Å². The molecule has 0 atom stereocenters. The first-order chi connectivity index (χ1) is 8.55. The van der Waals surface area contributed by atoms with Gasteiger partial charge in [0.25, 0.3) is 0 Å². The van der Waals surface area contributed by atoms with E-state index in [9.17, 15) is 13.2 Å². The molecule has 0 aromatic carbocycles. The third-order valence-corrected chi connectivity index (χ3v) is 4.58. The largest absolute Gasteiger partial charge is 0.354 e. The summed E-state index contributed by atoms with van der Waals surface area (Å²) in [5, 5.41) is 2.58. The molecule has 7 nitrogen and oxygen atoms in total. The number of carbonyl (C=O) groups excluding carboxylic acids is 1. The number of hydrogen-bond donors (Lipinski definition) is 2. The van der Waals surface area contributed by atoms with Crippen LogP contribution in [0.25, 0.3) is 0 Å². The van der Waals surface area contributed by atoms with Gasteiger partial charge in [0.1, 0.15) is 4.90 Å². The van der Waals surface area contributed by atoms with Crippen LogP contribution < -0.4 is 11.1 Å². The highest BCUT2D eigenvalue weighted by Crippen LogP contribution is 2.18. The lowest BCUT2D eigenvalue weighted by Gasteiger charge is -2.26. The second-order valence-electron chi connectivity index (χ2n) is 3.84. The molecule has 1 fully saturated rings. The smallest absolute Gasteiger partial charge is 0.245 e. The van der Waals surface area contributed by atoms with E-state index in [1.165, 1.54) is 18.3 Å². The summed E-state index contributed by atoms with van der Waals surface area (Å²) in [7, 11) is -3.71. The highest BCUT2D eigenvalue weighted by molar-refractivity contribution is 7.89. The first-order valence-corrected chi connectivity index (χ1v) is 6.90. The number of pyridine rings is 1. The van der Waals surface area contributed by atoms with Gasteiger partial charge in [0.15, 0.2) is 0 Å². The van der Waals surface area contributed by atoms with Gasteiger partial charge in [-0.3, -0.25) is 9.78 Å². The summed E-state index contributed by atoms with van der Waals surface area (Å²) < 4.78 is 25.9. The van der Waals surface area contributed by atoms with Gasteiger partial charge in [-0.25, -0.2) is 8.42 Å². The summed E-state index contributed by atoms with van der Waals surface area (Å²) in [6, 6.07) is 2.99. The molecule has 3 N–H and O–H groups in total. The van der Waals surface area contributed by atoms with Crippen LogP contribution in [0.1, 0.15) is 5.69 Å². The molecular weight excluding hydrogens is 256 g/mol. The van der Waals surface area contributed by atoms with Crippen molar-refractivity contribution in [1.82, 2.24) is 14.6 Å². The predicted molar refractivity (Wildman–Crippen MR) is 63.9 cm³/mol. The standard InChI is InChI=1S/C10H14N4O3S/c11-6-8-9(2-1-3-12-8)18(16,17)14-5-4-13-10(15)7-14/h1-3H,4-7,11H2,(H,13,15). The number of amides is 1. The number of carbonyl (C=O) groups is 1. The van der Waals surface area contributed by atoms with Crippen molar-refractivity contribution in [1.29, 1.82) is 0 Å². The minimum Gasteiger partial charge on any atom is -0.354 e. The topological polar surface area (TPSA) is 105 Å². The van der Waals surface area contributed by atoms with Crippen molar-refractivity contribution in [3.8, 4) is 0 Å². The molecule has 1 amide bonds. The van der Waals surface area contributed by atoms with Crippen molar-refractivity contribution in [2.75, 3.05) is 19.6 Å². The summed E-state index contributed by atoms with van der Waals surface area (Å²) in [5.74, 6) is -0.303. The first kappa shape index (κ1) is 12.9. The van der Waals surface area contributed by atoms with Crippen LogP contribution in [0, 0.1) is 0 Å². The van der Waals surface area contributed by atoms with Crippen molar-refractivity contribution < 1.29 is 13.2 Å². The number of nitrogens with two attached hydrogens (primary N) is 1. The van der Waals surface area contributed by atoms with E-state index >= 15 is 0 Å². The zero-order chi connectivity index (χ0) is 13.2. The monoisotopic (exact) mass is 270 g/mol. The Labute approximate surface area is 105 Å². The number of sulfonamides is 1. The van der Waals surface area contributed by atoms with Crippen LogP contribution in [-0.2, 0) is 21.4 Å². The lowest BCUT2D eigenvalue weighted by atomic mass is 10.3. The fraction of sp³-hybridized carbons (Fsp3) is 0.400. The normalized spacial score (nSPS) is 17.5. The summed E-state index contributed by atoms with van der Waals surface area (Å²) in [5.41, 5.74) is 5.79. The SMILES string of the molecule is NCc1ncccc1S(=O)(=O)N1CCNC(=O)C1. The summed E-state index contributed by atoms with van der Waals surface area (Å²) in [4.78, 5) is 15.3. The lowest BCUT2D eigenvalue weighted by Crippen LogP contribution is -2.50. The Morgan fingerprint density at radius 2 is 2.28 bits per heavy atom. The number of piperazine rings is 1. The molecule has 1 aliphatic heterocycles. The maximum absolute atomic E-state index is 12.4. The number of aromatic nitrogens is 1. The molecule has 2 rings (SSSR count). The number of rotatable bonds is 3. The van der Waals surface area contributed by atoms with Crippen LogP contribution in [-0.4, -0.2) is 43.2 Å². The van der Waals surface area contributed by atoms with Crippen molar-refractivity contribution in [2.45, 2.75) is 11.4 Å². The van der Waals surface area contributed by atoms with Gasteiger partial charge in [-0.2, -0.15) is 4.31 Å². The molecule has 1 aromatic rings. The van der Waals surface area contributed by atoms with Crippen molar-refractivity contribution in [2.24, 2.45) is 5.73 Å². The number of nitrogens with zero attached hydrogens (tertiary/aromatic N) is 2. The highest BCUT2D eigenvalue weighted by atomic mass is 32.2. The molecule has 1 aromatic heterocycles. The van der Waals surface area contributed by atoms with E-state index in [0.717, 1.165) is 4.31 Å². The van der Waals surface area contributed by atoms with Crippen LogP contribution in [0.2, 0.25) is 0 Å². The van der Waals surface area contributed by atoms with E-state index in [1.807, 2.05) is 0 Å². The average Bonchev–Trinajstić information content (AvgIpc) is 2.38. The summed E-state index contributed by atoms with van der Waals surface area (Å²) in [6.07, 6.45) is 1.49. The van der Waals surface area contributed by atoms with Gasteiger partial charge in [-0.15, -0.1) is 0 Å². The van der Waals surface area contributed by atoms with Gasteiger partial charge in [-0.05, 0) is 12.1 Å². The minimum atomic E-state index is -3.71. The van der Waals surface area contributed by atoms with E-state index in [0.29, 0.717) is 12.2 Å². The Morgan fingerprint density at radius 1 is 1.50 bits per heavy atom. The molecule has 98 valence electrons. The molecule has 0 unspecified atom stereocenters. The second-order valence-corrected chi connectivity index (χ2v) is 5.75. The summed E-state index contributed by atoms with van der Waals surface area (Å²) in [6.45, 7) is 0.444. The molecule has 1 aliphatic rings. The zero-order valence-electron chi connectivity index (χ0n) is 9.67. The van der Waals surface area contributed by atoms with Gasteiger partial charge in [0.2, 0.25) is 15.9 Å². The molecule has 0 spiro atoms. The van der Waals surface area contributed by atoms with E-state index in [-0.39, 0.29) is 30.4 Å². The maximum Gasteiger partial charge on any atom is 0.245 e. The highest BCUT2D eigenvalue weighted by Gasteiger charge is 2.30. The fourth-order valence-electron chi connectivity index (χ4n) is 1.77. The molecule has 0 saturated carbocycles. The minimum absolute atomic E-state index is 0.0371.